The van der Waals surface area contributed by atoms with Crippen LogP contribution in [0, 0.1) is 0 Å². The van der Waals surface area contributed by atoms with E-state index in [0.717, 1.165) is 5.56 Å². The van der Waals surface area contributed by atoms with Crippen molar-refractivity contribution in [3.63, 3.8) is 0 Å². The van der Waals surface area contributed by atoms with Crippen LogP contribution in [0.15, 0.2) is 42.5 Å². The van der Waals surface area contributed by atoms with Gasteiger partial charge in [-0.2, -0.15) is 0 Å². The summed E-state index contributed by atoms with van der Waals surface area (Å²) in [6, 6.07) is 11.3. The molecule has 0 unspecified atom stereocenters. The summed E-state index contributed by atoms with van der Waals surface area (Å²) in [6.07, 6.45) is 0. The molecule has 0 radical (unpaired) electrons. The Morgan fingerprint density at radius 2 is 1.44 bits per heavy atom. The van der Waals surface area contributed by atoms with Crippen molar-refractivity contribution in [3.8, 4) is 11.1 Å². The first kappa shape index (κ1) is 11.4. The third kappa shape index (κ3) is 1.55. The van der Waals surface area contributed by atoms with Gasteiger partial charge >= 0.3 is 7.60 Å². The van der Waals surface area contributed by atoms with Gasteiger partial charge in [-0.05, 0) is 29.3 Å². The van der Waals surface area contributed by atoms with E-state index in [1.54, 1.807) is 24.3 Å². The van der Waals surface area contributed by atoms with Crippen molar-refractivity contribution in [2.45, 2.75) is 0 Å². The van der Waals surface area contributed by atoms with Crippen LogP contribution < -0.4 is 5.30 Å². The molecule has 0 fully saturated rings. The molecule has 18 heavy (non-hydrogen) atoms. The van der Waals surface area contributed by atoms with Crippen LogP contribution in [0.3, 0.4) is 0 Å². The number of rotatable bonds is 1. The Labute approximate surface area is 103 Å². The Morgan fingerprint density at radius 1 is 0.833 bits per heavy atom. The van der Waals surface area contributed by atoms with Gasteiger partial charge in [0.2, 0.25) is 0 Å². The van der Waals surface area contributed by atoms with Crippen LogP contribution in [0.2, 0.25) is 0 Å². The number of benzene rings is 2. The number of fused-ring (bicyclic) bond motifs is 3. The highest BCUT2D eigenvalue weighted by Crippen LogP contribution is 2.40. The van der Waals surface area contributed by atoms with Crippen LogP contribution in [0.4, 0.5) is 0 Å². The first-order valence-corrected chi connectivity index (χ1v) is 6.94. The molecule has 5 heteroatoms. The molecule has 0 saturated carbocycles. The normalized spacial score (nSPS) is 13.3. The molecular weight excluding hydrogens is 251 g/mol. The van der Waals surface area contributed by atoms with Gasteiger partial charge in [-0.3, -0.25) is 9.36 Å². The highest BCUT2D eigenvalue weighted by molar-refractivity contribution is 7.60. The smallest absolute Gasteiger partial charge is 0.321 e. The SMILES string of the molecule is O=C1c2ccccc2-c2cc(P(=O)(O)O)ccc21. The number of hydrogen-bond donors (Lipinski definition) is 2. The summed E-state index contributed by atoms with van der Waals surface area (Å²) in [4.78, 5) is 30.4. The fourth-order valence-corrected chi connectivity index (χ4v) is 2.76. The van der Waals surface area contributed by atoms with Gasteiger partial charge in [-0.15, -0.1) is 0 Å². The standard InChI is InChI=1S/C13H9O4P/c14-13-10-4-2-1-3-9(10)12-7-8(18(15,16)17)5-6-11(12)13/h1-7H,(H2,15,16,17). The second-order valence-corrected chi connectivity index (χ2v) is 5.75. The summed E-state index contributed by atoms with van der Waals surface area (Å²) >= 11 is 0. The minimum absolute atomic E-state index is 0.0641. The summed E-state index contributed by atoms with van der Waals surface area (Å²) < 4.78 is 11.2. The summed E-state index contributed by atoms with van der Waals surface area (Å²) in [5, 5.41) is -0.0641. The molecule has 4 nitrogen and oxygen atoms in total. The van der Waals surface area contributed by atoms with E-state index in [1.807, 2.05) is 0 Å². The molecule has 0 atom stereocenters. The van der Waals surface area contributed by atoms with E-state index < -0.39 is 7.60 Å². The Bertz CT molecular complexity index is 715. The molecule has 2 aromatic rings. The highest BCUT2D eigenvalue weighted by atomic mass is 31.2. The lowest BCUT2D eigenvalue weighted by Gasteiger charge is -2.06. The first-order valence-electron chi connectivity index (χ1n) is 5.33. The minimum Gasteiger partial charge on any atom is -0.321 e. The van der Waals surface area contributed by atoms with Gasteiger partial charge in [-0.1, -0.05) is 24.3 Å². The predicted molar refractivity (Wildman–Crippen MR) is 67.0 cm³/mol. The zero-order chi connectivity index (χ0) is 12.9. The van der Waals surface area contributed by atoms with Crippen molar-refractivity contribution in [3.05, 3.63) is 53.6 Å². The van der Waals surface area contributed by atoms with Crippen LogP contribution >= 0.6 is 7.60 Å². The summed E-state index contributed by atoms with van der Waals surface area (Å²) in [7, 11) is -4.29. The molecule has 0 aromatic heterocycles. The second kappa shape index (κ2) is 3.62. The van der Waals surface area contributed by atoms with Crippen LogP contribution in [0.1, 0.15) is 15.9 Å². The lowest BCUT2D eigenvalue weighted by atomic mass is 10.1. The Hall–Kier alpha value is -1.74. The number of hydrogen-bond acceptors (Lipinski definition) is 2. The topological polar surface area (TPSA) is 74.6 Å². The molecule has 0 bridgehead atoms. The monoisotopic (exact) mass is 260 g/mol. The van der Waals surface area contributed by atoms with E-state index in [0.29, 0.717) is 16.7 Å². The third-order valence-electron chi connectivity index (χ3n) is 3.05. The maximum absolute atomic E-state index is 12.1. The molecule has 2 aromatic carbocycles. The Morgan fingerprint density at radius 3 is 2.11 bits per heavy atom. The van der Waals surface area contributed by atoms with Crippen molar-refractivity contribution in [1.29, 1.82) is 0 Å². The Balaban J connectivity index is 2.30. The zero-order valence-electron chi connectivity index (χ0n) is 9.20. The average Bonchev–Trinajstić information content (AvgIpc) is 2.63. The molecule has 0 spiro atoms. The van der Waals surface area contributed by atoms with Gasteiger partial charge in [0, 0.05) is 11.1 Å². The van der Waals surface area contributed by atoms with Gasteiger partial charge in [0.1, 0.15) is 0 Å². The molecule has 0 amide bonds. The van der Waals surface area contributed by atoms with Crippen molar-refractivity contribution < 1.29 is 19.1 Å². The Kier molecular flexibility index (Phi) is 2.29. The molecule has 1 aliphatic carbocycles. The average molecular weight is 260 g/mol. The van der Waals surface area contributed by atoms with Gasteiger partial charge < -0.3 is 9.79 Å². The van der Waals surface area contributed by atoms with Gasteiger partial charge in [-0.25, -0.2) is 0 Å². The van der Waals surface area contributed by atoms with E-state index >= 15 is 0 Å². The van der Waals surface area contributed by atoms with Crippen LogP contribution in [0.5, 0.6) is 0 Å². The predicted octanol–water partition coefficient (Wildman–Crippen LogP) is 1.70. The van der Waals surface area contributed by atoms with Gasteiger partial charge in [0.05, 0.1) is 5.30 Å². The molecule has 1 aliphatic rings. The van der Waals surface area contributed by atoms with Crippen LogP contribution in [-0.4, -0.2) is 15.6 Å². The van der Waals surface area contributed by atoms with Crippen LogP contribution in [0.25, 0.3) is 11.1 Å². The molecule has 2 N–H and O–H groups in total. The number of ketones is 1. The van der Waals surface area contributed by atoms with Crippen molar-refractivity contribution in [2.24, 2.45) is 0 Å². The lowest BCUT2D eigenvalue weighted by Crippen LogP contribution is -2.05. The van der Waals surface area contributed by atoms with E-state index in [-0.39, 0.29) is 11.1 Å². The first-order chi connectivity index (χ1) is 8.48. The molecule has 0 heterocycles. The van der Waals surface area contributed by atoms with Gasteiger partial charge in [0.15, 0.2) is 5.78 Å². The number of carbonyl (C=O) groups is 1. The van der Waals surface area contributed by atoms with E-state index in [9.17, 15) is 9.36 Å². The summed E-state index contributed by atoms with van der Waals surface area (Å²) in [6.45, 7) is 0. The summed E-state index contributed by atoms with van der Waals surface area (Å²) in [5.41, 5.74) is 2.40. The quantitative estimate of drug-likeness (QED) is 0.653. The van der Waals surface area contributed by atoms with Crippen molar-refractivity contribution >= 4 is 18.7 Å². The second-order valence-electron chi connectivity index (χ2n) is 4.15. The minimum atomic E-state index is -4.29. The third-order valence-corrected chi connectivity index (χ3v) is 4.00. The van der Waals surface area contributed by atoms with Crippen LogP contribution in [-0.2, 0) is 4.57 Å². The molecule has 3 rings (SSSR count). The van der Waals surface area contributed by atoms with E-state index in [1.165, 1.54) is 18.2 Å². The highest BCUT2D eigenvalue weighted by Gasteiger charge is 2.28. The fourth-order valence-electron chi connectivity index (χ4n) is 2.20. The fraction of sp³-hybridized carbons (Fsp3) is 0. The summed E-state index contributed by atoms with van der Waals surface area (Å²) in [5.74, 6) is -0.0992. The molecule has 0 aliphatic heterocycles. The maximum atomic E-state index is 12.1. The largest absolute Gasteiger partial charge is 0.356 e. The lowest BCUT2D eigenvalue weighted by molar-refractivity contribution is 0.104. The molecular formula is C13H9O4P. The molecule has 90 valence electrons. The van der Waals surface area contributed by atoms with Gasteiger partial charge in [0.25, 0.3) is 0 Å². The maximum Gasteiger partial charge on any atom is 0.356 e. The number of carbonyl (C=O) groups excluding carboxylic acids is 1. The van der Waals surface area contributed by atoms with Crippen molar-refractivity contribution in [1.82, 2.24) is 0 Å². The zero-order valence-corrected chi connectivity index (χ0v) is 10.1. The van der Waals surface area contributed by atoms with E-state index in [4.69, 9.17) is 9.79 Å². The van der Waals surface area contributed by atoms with E-state index in [2.05, 4.69) is 0 Å². The van der Waals surface area contributed by atoms with Crippen molar-refractivity contribution in [2.75, 3.05) is 0 Å². The molecule has 0 saturated heterocycles.